The highest BCUT2D eigenvalue weighted by Gasteiger charge is 2.07. The monoisotopic (exact) mass is 229 g/mol. The Balaban J connectivity index is 3.46. The summed E-state index contributed by atoms with van der Waals surface area (Å²) in [5.41, 5.74) is 0.246. The first kappa shape index (κ1) is 14.6. The lowest BCUT2D eigenvalue weighted by Crippen LogP contribution is -2.13. The van der Waals surface area contributed by atoms with Gasteiger partial charge in [-0.15, -0.1) is 0 Å². The van der Waals surface area contributed by atoms with Gasteiger partial charge in [0.1, 0.15) is 6.61 Å². The van der Waals surface area contributed by atoms with Crippen LogP contribution in [-0.4, -0.2) is 30.9 Å². The normalized spacial score (nSPS) is 9.62. The minimum absolute atomic E-state index is 0.0229. The van der Waals surface area contributed by atoms with E-state index in [0.717, 1.165) is 12.8 Å². The summed E-state index contributed by atoms with van der Waals surface area (Å²) in [6.45, 7) is 3.98. The van der Waals surface area contributed by atoms with Gasteiger partial charge in [0, 0.05) is 5.71 Å². The third kappa shape index (κ3) is 9.18. The fourth-order valence-electron chi connectivity index (χ4n) is 0.918. The van der Waals surface area contributed by atoms with E-state index >= 15 is 0 Å². The van der Waals surface area contributed by atoms with Gasteiger partial charge in [-0.3, -0.25) is 9.59 Å². The predicted molar refractivity (Wildman–Crippen MR) is 59.5 cm³/mol. The second-order valence-corrected chi connectivity index (χ2v) is 3.50. The minimum Gasteiger partial charge on any atom is -0.466 e. The molecule has 0 amide bonds. The molecule has 0 aliphatic heterocycles. The van der Waals surface area contributed by atoms with Crippen LogP contribution in [0.3, 0.4) is 0 Å². The van der Waals surface area contributed by atoms with Crippen LogP contribution >= 0.6 is 0 Å². The van der Waals surface area contributed by atoms with Gasteiger partial charge in [0.2, 0.25) is 0 Å². The maximum absolute atomic E-state index is 11.1. The molecule has 0 radical (unpaired) electrons. The molecule has 92 valence electrons. The Labute approximate surface area is 95.6 Å². The van der Waals surface area contributed by atoms with Gasteiger partial charge >= 0.3 is 11.9 Å². The van der Waals surface area contributed by atoms with E-state index in [2.05, 4.69) is 0 Å². The molecule has 0 aromatic rings. The van der Waals surface area contributed by atoms with Gasteiger partial charge in [-0.2, -0.15) is 0 Å². The molecule has 0 heterocycles. The number of carbonyl (C=O) groups is 2. The van der Waals surface area contributed by atoms with Gasteiger partial charge in [-0.25, -0.2) is 0 Å². The van der Waals surface area contributed by atoms with Crippen LogP contribution in [-0.2, 0) is 19.1 Å². The number of carbonyl (C=O) groups excluding carboxylic acids is 2. The number of esters is 2. The van der Waals surface area contributed by atoms with Crippen LogP contribution in [0.2, 0.25) is 0 Å². The van der Waals surface area contributed by atoms with Crippen molar-refractivity contribution in [2.45, 2.75) is 39.5 Å². The highest BCUT2D eigenvalue weighted by molar-refractivity contribution is 5.95. The van der Waals surface area contributed by atoms with Gasteiger partial charge in [0.05, 0.1) is 19.4 Å². The molecule has 16 heavy (non-hydrogen) atoms. The molecule has 0 rings (SSSR count). The highest BCUT2D eigenvalue weighted by atomic mass is 16.5. The Morgan fingerprint density at radius 1 is 1.12 bits per heavy atom. The molecule has 0 aliphatic carbocycles. The number of ether oxygens (including phenoxy) is 2. The SMILES string of the molecule is CCCCOC(=O)CCOC(=O)CC(C)=N. The van der Waals surface area contributed by atoms with Crippen molar-refractivity contribution in [3.8, 4) is 0 Å². The molecule has 0 aromatic carbocycles. The van der Waals surface area contributed by atoms with Gasteiger partial charge in [0.25, 0.3) is 0 Å². The number of hydrogen-bond donors (Lipinski definition) is 1. The van der Waals surface area contributed by atoms with Crippen LogP contribution in [0.15, 0.2) is 0 Å². The van der Waals surface area contributed by atoms with Crippen LogP contribution in [0.4, 0.5) is 0 Å². The summed E-state index contributed by atoms with van der Waals surface area (Å²) in [5, 5.41) is 7.06. The van der Waals surface area contributed by atoms with Crippen molar-refractivity contribution in [2.75, 3.05) is 13.2 Å². The molecule has 0 bridgehead atoms. The van der Waals surface area contributed by atoms with E-state index < -0.39 is 5.97 Å². The molecule has 0 aliphatic rings. The average molecular weight is 229 g/mol. The first-order chi connectivity index (χ1) is 7.56. The van der Waals surface area contributed by atoms with Crippen LogP contribution in [0.1, 0.15) is 39.5 Å². The molecule has 0 fully saturated rings. The van der Waals surface area contributed by atoms with E-state index in [4.69, 9.17) is 14.9 Å². The number of unbranched alkanes of at least 4 members (excludes halogenated alkanes) is 1. The molecule has 0 unspecified atom stereocenters. The summed E-state index contributed by atoms with van der Waals surface area (Å²) in [4.78, 5) is 22.0. The zero-order valence-corrected chi connectivity index (χ0v) is 9.88. The van der Waals surface area contributed by atoms with Gasteiger partial charge in [-0.05, 0) is 13.3 Å². The number of hydrogen-bond acceptors (Lipinski definition) is 5. The van der Waals surface area contributed by atoms with Crippen molar-refractivity contribution in [2.24, 2.45) is 0 Å². The molecule has 0 aromatic heterocycles. The molecule has 0 spiro atoms. The van der Waals surface area contributed by atoms with Crippen LogP contribution in [0.25, 0.3) is 0 Å². The maximum Gasteiger partial charge on any atom is 0.311 e. The zero-order valence-electron chi connectivity index (χ0n) is 9.88. The highest BCUT2D eigenvalue weighted by Crippen LogP contribution is 1.94. The van der Waals surface area contributed by atoms with E-state index in [1.165, 1.54) is 6.92 Å². The average Bonchev–Trinajstić information content (AvgIpc) is 2.17. The third-order valence-corrected chi connectivity index (χ3v) is 1.74. The van der Waals surface area contributed by atoms with E-state index in [1.807, 2.05) is 6.92 Å². The Hall–Kier alpha value is -1.39. The lowest BCUT2D eigenvalue weighted by molar-refractivity contribution is -0.148. The summed E-state index contributed by atoms with van der Waals surface area (Å²) in [5.74, 6) is -0.832. The third-order valence-electron chi connectivity index (χ3n) is 1.74. The molecular weight excluding hydrogens is 210 g/mol. The standard InChI is InChI=1S/C11H19NO4/c1-3-4-6-15-10(13)5-7-16-11(14)8-9(2)12/h12H,3-8H2,1-2H3. The summed E-state index contributed by atoms with van der Waals surface area (Å²) in [6.07, 6.45) is 1.87. The summed E-state index contributed by atoms with van der Waals surface area (Å²) < 4.78 is 9.62. The first-order valence-electron chi connectivity index (χ1n) is 5.41. The van der Waals surface area contributed by atoms with Crippen molar-refractivity contribution in [3.05, 3.63) is 0 Å². The molecule has 0 atom stereocenters. The Kier molecular flexibility index (Phi) is 8.11. The largest absolute Gasteiger partial charge is 0.466 e. The zero-order chi connectivity index (χ0) is 12.4. The Morgan fingerprint density at radius 2 is 1.75 bits per heavy atom. The van der Waals surface area contributed by atoms with E-state index in [1.54, 1.807) is 0 Å². The van der Waals surface area contributed by atoms with E-state index in [9.17, 15) is 9.59 Å². The fourth-order valence-corrected chi connectivity index (χ4v) is 0.918. The van der Waals surface area contributed by atoms with Crippen LogP contribution < -0.4 is 0 Å². The second-order valence-electron chi connectivity index (χ2n) is 3.50. The van der Waals surface area contributed by atoms with Crippen LogP contribution in [0, 0.1) is 5.41 Å². The maximum atomic E-state index is 11.1. The fraction of sp³-hybridized carbons (Fsp3) is 0.727. The van der Waals surface area contributed by atoms with Gasteiger partial charge in [-0.1, -0.05) is 13.3 Å². The van der Waals surface area contributed by atoms with Crippen molar-refractivity contribution in [1.29, 1.82) is 5.41 Å². The summed E-state index contributed by atoms with van der Waals surface area (Å²) in [7, 11) is 0. The smallest absolute Gasteiger partial charge is 0.311 e. The van der Waals surface area contributed by atoms with E-state index in [-0.39, 0.29) is 31.1 Å². The number of rotatable bonds is 8. The molecular formula is C11H19NO4. The van der Waals surface area contributed by atoms with E-state index in [0.29, 0.717) is 6.61 Å². The lowest BCUT2D eigenvalue weighted by Gasteiger charge is -2.05. The van der Waals surface area contributed by atoms with Gasteiger partial charge in [0.15, 0.2) is 0 Å². The molecule has 5 nitrogen and oxygen atoms in total. The summed E-state index contributed by atoms with van der Waals surface area (Å²) >= 11 is 0. The van der Waals surface area contributed by atoms with Crippen LogP contribution in [0.5, 0.6) is 0 Å². The summed E-state index contributed by atoms with van der Waals surface area (Å²) in [6, 6.07) is 0. The van der Waals surface area contributed by atoms with Crippen molar-refractivity contribution < 1.29 is 19.1 Å². The first-order valence-corrected chi connectivity index (χ1v) is 5.41. The van der Waals surface area contributed by atoms with Gasteiger partial charge < -0.3 is 14.9 Å². The Bertz CT molecular complexity index is 250. The second kappa shape index (κ2) is 8.88. The van der Waals surface area contributed by atoms with Crippen molar-refractivity contribution in [3.63, 3.8) is 0 Å². The Morgan fingerprint density at radius 3 is 2.31 bits per heavy atom. The predicted octanol–water partition coefficient (Wildman–Crippen LogP) is 1.69. The van der Waals surface area contributed by atoms with Crippen molar-refractivity contribution in [1.82, 2.24) is 0 Å². The molecule has 1 N–H and O–H groups in total. The lowest BCUT2D eigenvalue weighted by atomic mass is 10.3. The number of nitrogens with one attached hydrogen (secondary N) is 1. The quantitative estimate of drug-likeness (QED) is 0.390. The topological polar surface area (TPSA) is 76.5 Å². The minimum atomic E-state index is -0.478. The molecule has 0 saturated carbocycles. The molecule has 5 heteroatoms. The van der Waals surface area contributed by atoms with Crippen molar-refractivity contribution >= 4 is 17.7 Å². The molecule has 0 saturated heterocycles.